The zero-order valence-electron chi connectivity index (χ0n) is 11.2. The highest BCUT2D eigenvalue weighted by molar-refractivity contribution is 4.71. The van der Waals surface area contributed by atoms with Gasteiger partial charge in [0, 0.05) is 13.7 Å². The van der Waals surface area contributed by atoms with Gasteiger partial charge in [0.25, 0.3) is 0 Å². The van der Waals surface area contributed by atoms with Crippen molar-refractivity contribution < 1.29 is 14.2 Å². The fraction of sp³-hybridized carbons (Fsp3) is 1.00. The number of hydrogen-bond donors (Lipinski definition) is 1. The largest absolute Gasteiger partial charge is 0.382 e. The summed E-state index contributed by atoms with van der Waals surface area (Å²) in [5.41, 5.74) is -0.125. The van der Waals surface area contributed by atoms with Crippen molar-refractivity contribution in [3.8, 4) is 0 Å². The average Bonchev–Trinajstić information content (AvgIpc) is 2.23. The molecule has 0 rings (SSSR count). The summed E-state index contributed by atoms with van der Waals surface area (Å²) in [6.45, 7) is 10.8. The van der Waals surface area contributed by atoms with Crippen LogP contribution in [0.5, 0.6) is 0 Å². The van der Waals surface area contributed by atoms with Gasteiger partial charge in [-0.05, 0) is 26.8 Å². The van der Waals surface area contributed by atoms with E-state index in [1.807, 2.05) is 0 Å². The van der Waals surface area contributed by atoms with Gasteiger partial charge in [-0.15, -0.1) is 0 Å². The SMILES string of the molecule is CCCNCC(C)(C)OCCOCCOC. The second kappa shape index (κ2) is 10.0. The summed E-state index contributed by atoms with van der Waals surface area (Å²) in [7, 11) is 1.67. The van der Waals surface area contributed by atoms with Gasteiger partial charge in [0.1, 0.15) is 0 Å². The van der Waals surface area contributed by atoms with E-state index in [1.165, 1.54) is 0 Å². The molecule has 0 aromatic carbocycles. The maximum Gasteiger partial charge on any atom is 0.0751 e. The Hall–Kier alpha value is -0.160. The Kier molecular flexibility index (Phi) is 9.92. The van der Waals surface area contributed by atoms with Crippen LogP contribution in [0, 0.1) is 0 Å². The van der Waals surface area contributed by atoms with Gasteiger partial charge in [-0.3, -0.25) is 0 Å². The van der Waals surface area contributed by atoms with Crippen LogP contribution in [0.15, 0.2) is 0 Å². The molecule has 0 radical (unpaired) electrons. The molecule has 0 aromatic rings. The van der Waals surface area contributed by atoms with Gasteiger partial charge in [0.05, 0.1) is 32.0 Å². The van der Waals surface area contributed by atoms with Crippen LogP contribution >= 0.6 is 0 Å². The number of rotatable bonds is 11. The molecule has 0 atom stereocenters. The lowest BCUT2D eigenvalue weighted by molar-refractivity contribution is -0.0489. The van der Waals surface area contributed by atoms with Gasteiger partial charge in [-0.1, -0.05) is 6.92 Å². The lowest BCUT2D eigenvalue weighted by Crippen LogP contribution is -2.38. The summed E-state index contributed by atoms with van der Waals surface area (Å²) >= 11 is 0. The molecular weight excluding hydrogens is 206 g/mol. The minimum Gasteiger partial charge on any atom is -0.382 e. The van der Waals surface area contributed by atoms with Gasteiger partial charge < -0.3 is 19.5 Å². The van der Waals surface area contributed by atoms with E-state index in [4.69, 9.17) is 14.2 Å². The standard InChI is InChI=1S/C12H27NO3/c1-5-6-13-11-12(2,3)16-10-9-15-8-7-14-4/h13H,5-11H2,1-4H3. The Morgan fingerprint density at radius 3 is 2.38 bits per heavy atom. The first-order valence-electron chi connectivity index (χ1n) is 6.03. The molecule has 98 valence electrons. The molecule has 0 aromatic heterocycles. The first-order chi connectivity index (χ1) is 7.62. The minimum absolute atomic E-state index is 0.125. The molecule has 0 aliphatic rings. The maximum absolute atomic E-state index is 5.73. The van der Waals surface area contributed by atoms with Gasteiger partial charge in [-0.2, -0.15) is 0 Å². The number of methoxy groups -OCH3 is 1. The van der Waals surface area contributed by atoms with Crippen molar-refractivity contribution in [2.75, 3.05) is 46.6 Å². The molecule has 0 fully saturated rings. The summed E-state index contributed by atoms with van der Waals surface area (Å²) in [4.78, 5) is 0. The molecule has 0 saturated carbocycles. The average molecular weight is 233 g/mol. The predicted molar refractivity (Wildman–Crippen MR) is 65.9 cm³/mol. The summed E-state index contributed by atoms with van der Waals surface area (Å²) < 4.78 is 15.9. The Bertz CT molecular complexity index is 151. The fourth-order valence-electron chi connectivity index (χ4n) is 1.24. The van der Waals surface area contributed by atoms with Crippen LogP contribution in [0.1, 0.15) is 27.2 Å². The molecule has 0 heterocycles. The van der Waals surface area contributed by atoms with E-state index in [0.717, 1.165) is 19.5 Å². The number of nitrogens with one attached hydrogen (secondary N) is 1. The monoisotopic (exact) mass is 233 g/mol. The Morgan fingerprint density at radius 2 is 1.75 bits per heavy atom. The lowest BCUT2D eigenvalue weighted by atomic mass is 10.1. The van der Waals surface area contributed by atoms with Crippen LogP contribution in [0.3, 0.4) is 0 Å². The van der Waals surface area contributed by atoms with Crippen LogP contribution in [0.25, 0.3) is 0 Å². The molecule has 0 spiro atoms. The highest BCUT2D eigenvalue weighted by atomic mass is 16.5. The maximum atomic E-state index is 5.73. The van der Waals surface area contributed by atoms with Crippen molar-refractivity contribution in [3.63, 3.8) is 0 Å². The quantitative estimate of drug-likeness (QED) is 0.548. The second-order valence-corrected chi connectivity index (χ2v) is 4.39. The van der Waals surface area contributed by atoms with E-state index in [0.29, 0.717) is 26.4 Å². The molecular formula is C12H27NO3. The molecule has 0 aliphatic heterocycles. The summed E-state index contributed by atoms with van der Waals surface area (Å²) in [5, 5.41) is 3.35. The van der Waals surface area contributed by atoms with E-state index in [9.17, 15) is 0 Å². The van der Waals surface area contributed by atoms with Crippen molar-refractivity contribution >= 4 is 0 Å². The molecule has 0 saturated heterocycles. The lowest BCUT2D eigenvalue weighted by Gasteiger charge is -2.25. The van der Waals surface area contributed by atoms with Crippen molar-refractivity contribution in [3.05, 3.63) is 0 Å². The summed E-state index contributed by atoms with van der Waals surface area (Å²) in [6, 6.07) is 0. The van der Waals surface area contributed by atoms with E-state index in [-0.39, 0.29) is 5.60 Å². The van der Waals surface area contributed by atoms with Crippen LogP contribution in [0.4, 0.5) is 0 Å². The Morgan fingerprint density at radius 1 is 1.06 bits per heavy atom. The van der Waals surface area contributed by atoms with Crippen LogP contribution in [-0.2, 0) is 14.2 Å². The van der Waals surface area contributed by atoms with Crippen molar-refractivity contribution in [1.82, 2.24) is 5.32 Å². The summed E-state index contributed by atoms with van der Waals surface area (Å²) in [5.74, 6) is 0. The van der Waals surface area contributed by atoms with E-state index < -0.39 is 0 Å². The van der Waals surface area contributed by atoms with Crippen molar-refractivity contribution in [2.45, 2.75) is 32.8 Å². The minimum atomic E-state index is -0.125. The smallest absolute Gasteiger partial charge is 0.0751 e. The first-order valence-corrected chi connectivity index (χ1v) is 6.03. The molecule has 0 aliphatic carbocycles. The normalized spacial score (nSPS) is 12.0. The Balaban J connectivity index is 3.35. The zero-order valence-corrected chi connectivity index (χ0v) is 11.2. The third-order valence-corrected chi connectivity index (χ3v) is 2.13. The molecule has 0 unspecified atom stereocenters. The molecule has 4 nitrogen and oxygen atoms in total. The van der Waals surface area contributed by atoms with Gasteiger partial charge in [0.15, 0.2) is 0 Å². The fourth-order valence-corrected chi connectivity index (χ4v) is 1.24. The number of ether oxygens (including phenoxy) is 3. The van der Waals surface area contributed by atoms with Gasteiger partial charge in [0.2, 0.25) is 0 Å². The van der Waals surface area contributed by atoms with Gasteiger partial charge >= 0.3 is 0 Å². The molecule has 1 N–H and O–H groups in total. The highest BCUT2D eigenvalue weighted by Crippen LogP contribution is 2.06. The molecule has 4 heteroatoms. The molecule has 0 bridgehead atoms. The number of hydrogen-bond acceptors (Lipinski definition) is 4. The van der Waals surface area contributed by atoms with Crippen LogP contribution in [0.2, 0.25) is 0 Å². The summed E-state index contributed by atoms with van der Waals surface area (Å²) in [6.07, 6.45) is 1.15. The Labute approximate surface area is 99.6 Å². The zero-order chi connectivity index (χ0) is 12.3. The topological polar surface area (TPSA) is 39.7 Å². The van der Waals surface area contributed by atoms with Crippen LogP contribution < -0.4 is 5.32 Å². The molecule has 16 heavy (non-hydrogen) atoms. The molecule has 0 amide bonds. The van der Waals surface area contributed by atoms with Crippen molar-refractivity contribution in [1.29, 1.82) is 0 Å². The van der Waals surface area contributed by atoms with E-state index in [2.05, 4.69) is 26.1 Å². The predicted octanol–water partition coefficient (Wildman–Crippen LogP) is 1.44. The third-order valence-electron chi connectivity index (χ3n) is 2.13. The van der Waals surface area contributed by atoms with Crippen molar-refractivity contribution in [2.24, 2.45) is 0 Å². The van der Waals surface area contributed by atoms with E-state index in [1.54, 1.807) is 7.11 Å². The third kappa shape index (κ3) is 10.4. The highest BCUT2D eigenvalue weighted by Gasteiger charge is 2.16. The first kappa shape index (κ1) is 15.8. The van der Waals surface area contributed by atoms with E-state index >= 15 is 0 Å². The van der Waals surface area contributed by atoms with Gasteiger partial charge in [-0.25, -0.2) is 0 Å². The second-order valence-electron chi connectivity index (χ2n) is 4.39. The van der Waals surface area contributed by atoms with Crippen LogP contribution in [-0.4, -0.2) is 52.2 Å².